The lowest BCUT2D eigenvalue weighted by atomic mass is 10.1. The van der Waals surface area contributed by atoms with E-state index < -0.39 is 17.5 Å². The molecule has 23 heavy (non-hydrogen) atoms. The first-order valence-corrected chi connectivity index (χ1v) is 7.16. The van der Waals surface area contributed by atoms with Crippen molar-refractivity contribution in [1.82, 2.24) is 14.5 Å². The van der Waals surface area contributed by atoms with Crippen LogP contribution in [-0.2, 0) is 4.74 Å². The number of fused-ring (bicyclic) bond motifs is 1. The lowest BCUT2D eigenvalue weighted by molar-refractivity contribution is 0.0544. The van der Waals surface area contributed by atoms with E-state index in [0.717, 1.165) is 11.6 Å². The molecule has 0 radical (unpaired) electrons. The van der Waals surface area contributed by atoms with Gasteiger partial charge >= 0.3 is 6.09 Å². The monoisotopic (exact) mass is 313 g/mol. The summed E-state index contributed by atoms with van der Waals surface area (Å²) in [6.07, 6.45) is 3.84. The molecule has 3 aromatic heterocycles. The molecule has 0 unspecified atom stereocenters. The lowest BCUT2D eigenvalue weighted by Gasteiger charge is -2.19. The fraction of sp³-hybridized carbons (Fsp3) is 0.235. The van der Waals surface area contributed by atoms with Crippen LogP contribution in [0.2, 0.25) is 0 Å². The lowest BCUT2D eigenvalue weighted by Crippen LogP contribution is -2.26. The van der Waals surface area contributed by atoms with Gasteiger partial charge in [0.15, 0.2) is 0 Å². The number of nitrogens with zero attached hydrogens (tertiary/aromatic N) is 3. The van der Waals surface area contributed by atoms with Gasteiger partial charge in [-0.15, -0.1) is 0 Å². The van der Waals surface area contributed by atoms with Crippen molar-refractivity contribution in [2.24, 2.45) is 0 Å². The van der Waals surface area contributed by atoms with Gasteiger partial charge < -0.3 is 4.74 Å². The highest BCUT2D eigenvalue weighted by molar-refractivity contribution is 5.97. The summed E-state index contributed by atoms with van der Waals surface area (Å²) in [6.45, 7) is 5.39. The maximum atomic E-state index is 13.1. The second-order valence-corrected chi connectivity index (χ2v) is 6.13. The predicted molar refractivity (Wildman–Crippen MR) is 84.6 cm³/mol. The largest absolute Gasteiger partial charge is 0.443 e. The van der Waals surface area contributed by atoms with Gasteiger partial charge in [-0.3, -0.25) is 4.98 Å². The van der Waals surface area contributed by atoms with Crippen molar-refractivity contribution in [2.75, 3.05) is 0 Å². The number of aromatic nitrogens is 3. The quantitative estimate of drug-likeness (QED) is 0.681. The molecular weight excluding hydrogens is 297 g/mol. The predicted octanol–water partition coefficient (Wildman–Crippen LogP) is 4.02. The molecule has 3 aromatic rings. The normalized spacial score (nSPS) is 11.7. The minimum Gasteiger partial charge on any atom is -0.443 e. The summed E-state index contributed by atoms with van der Waals surface area (Å²) in [7, 11) is 0. The molecule has 0 bridgehead atoms. The molecule has 0 saturated carbocycles. The van der Waals surface area contributed by atoms with Gasteiger partial charge in [-0.05, 0) is 45.0 Å². The molecule has 0 N–H and O–H groups in total. The SMILES string of the molecule is CC(C)(C)OC(=O)n1cc(-c2ccc(F)cn2)c2cccnc21. The van der Waals surface area contributed by atoms with E-state index in [9.17, 15) is 9.18 Å². The van der Waals surface area contributed by atoms with Crippen LogP contribution in [0.5, 0.6) is 0 Å². The molecule has 0 saturated heterocycles. The Kier molecular flexibility index (Phi) is 3.60. The van der Waals surface area contributed by atoms with Crippen molar-refractivity contribution in [3.05, 3.63) is 48.7 Å². The smallest absolute Gasteiger partial charge is 0.420 e. The van der Waals surface area contributed by atoms with Gasteiger partial charge in [-0.25, -0.2) is 18.7 Å². The third kappa shape index (κ3) is 3.06. The first kappa shape index (κ1) is 15.1. The van der Waals surface area contributed by atoms with Crippen LogP contribution < -0.4 is 0 Å². The molecule has 3 heterocycles. The van der Waals surface area contributed by atoms with Gasteiger partial charge in [0.25, 0.3) is 0 Å². The van der Waals surface area contributed by atoms with Crippen LogP contribution in [0.25, 0.3) is 22.3 Å². The summed E-state index contributed by atoms with van der Waals surface area (Å²) in [6, 6.07) is 6.50. The van der Waals surface area contributed by atoms with Gasteiger partial charge in [0.1, 0.15) is 17.1 Å². The van der Waals surface area contributed by atoms with Gasteiger partial charge in [0, 0.05) is 23.3 Å². The van der Waals surface area contributed by atoms with Gasteiger partial charge in [-0.2, -0.15) is 0 Å². The van der Waals surface area contributed by atoms with Crippen molar-refractivity contribution >= 4 is 17.1 Å². The van der Waals surface area contributed by atoms with Crippen LogP contribution in [0.3, 0.4) is 0 Å². The maximum absolute atomic E-state index is 13.1. The van der Waals surface area contributed by atoms with E-state index in [4.69, 9.17) is 4.74 Å². The fourth-order valence-electron chi connectivity index (χ4n) is 2.25. The van der Waals surface area contributed by atoms with E-state index in [0.29, 0.717) is 16.9 Å². The molecule has 0 fully saturated rings. The molecule has 5 nitrogen and oxygen atoms in total. The Morgan fingerprint density at radius 2 is 2.00 bits per heavy atom. The fourth-order valence-corrected chi connectivity index (χ4v) is 2.25. The van der Waals surface area contributed by atoms with Crippen LogP contribution in [-0.4, -0.2) is 26.2 Å². The topological polar surface area (TPSA) is 57.0 Å². The number of pyridine rings is 2. The molecule has 0 aromatic carbocycles. The van der Waals surface area contributed by atoms with E-state index in [1.807, 2.05) is 6.07 Å². The standard InChI is InChI=1S/C17H16FN3O2/c1-17(2,3)23-16(22)21-10-13(12-5-4-8-19-15(12)21)14-7-6-11(18)9-20-14/h4-10H,1-3H3. The van der Waals surface area contributed by atoms with E-state index in [1.165, 1.54) is 10.6 Å². The van der Waals surface area contributed by atoms with Gasteiger partial charge in [0.2, 0.25) is 0 Å². The Balaban J connectivity index is 2.14. The molecule has 0 amide bonds. The highest BCUT2D eigenvalue weighted by Gasteiger charge is 2.22. The van der Waals surface area contributed by atoms with E-state index in [2.05, 4.69) is 9.97 Å². The average molecular weight is 313 g/mol. The molecule has 0 spiro atoms. The second-order valence-electron chi connectivity index (χ2n) is 6.13. The molecule has 0 atom stereocenters. The zero-order valence-electron chi connectivity index (χ0n) is 13.1. The molecule has 0 aliphatic carbocycles. The van der Waals surface area contributed by atoms with Crippen LogP contribution in [0.15, 0.2) is 42.9 Å². The maximum Gasteiger partial charge on any atom is 0.420 e. The minimum absolute atomic E-state index is 0.414. The molecule has 6 heteroatoms. The highest BCUT2D eigenvalue weighted by Crippen LogP contribution is 2.28. The summed E-state index contributed by atoms with van der Waals surface area (Å²) in [4.78, 5) is 20.7. The van der Waals surface area contributed by atoms with Gasteiger partial charge in [-0.1, -0.05) is 0 Å². The molecule has 0 aliphatic heterocycles. The Labute approximate surface area is 132 Å². The summed E-state index contributed by atoms with van der Waals surface area (Å²) < 4.78 is 19.8. The summed E-state index contributed by atoms with van der Waals surface area (Å²) in [5, 5.41) is 0.748. The number of ether oxygens (including phenoxy) is 1. The van der Waals surface area contributed by atoms with Crippen LogP contribution in [0.4, 0.5) is 9.18 Å². The number of halogens is 1. The number of hydrogen-bond donors (Lipinski definition) is 0. The molecule has 118 valence electrons. The van der Waals surface area contributed by atoms with E-state index in [1.54, 1.807) is 45.3 Å². The van der Waals surface area contributed by atoms with Gasteiger partial charge in [0.05, 0.1) is 11.9 Å². The first-order valence-electron chi connectivity index (χ1n) is 7.16. The third-order valence-corrected chi connectivity index (χ3v) is 3.16. The number of hydrogen-bond acceptors (Lipinski definition) is 4. The summed E-state index contributed by atoms with van der Waals surface area (Å²) >= 11 is 0. The van der Waals surface area contributed by atoms with Crippen molar-refractivity contribution in [2.45, 2.75) is 26.4 Å². The van der Waals surface area contributed by atoms with E-state index in [-0.39, 0.29) is 0 Å². The average Bonchev–Trinajstić information content (AvgIpc) is 2.86. The van der Waals surface area contributed by atoms with Crippen LogP contribution in [0, 0.1) is 5.82 Å². The Hall–Kier alpha value is -2.76. The Morgan fingerprint density at radius 1 is 1.22 bits per heavy atom. The highest BCUT2D eigenvalue weighted by atomic mass is 19.1. The molecule has 3 rings (SSSR count). The first-order chi connectivity index (χ1) is 10.8. The zero-order valence-corrected chi connectivity index (χ0v) is 13.1. The molecular formula is C17H16FN3O2. The number of rotatable bonds is 1. The van der Waals surface area contributed by atoms with Crippen molar-refractivity contribution in [1.29, 1.82) is 0 Å². The van der Waals surface area contributed by atoms with Crippen molar-refractivity contribution < 1.29 is 13.9 Å². The minimum atomic E-state index is -0.614. The van der Waals surface area contributed by atoms with Crippen LogP contribution in [0.1, 0.15) is 20.8 Å². The number of carbonyl (C=O) groups excluding carboxylic acids is 1. The van der Waals surface area contributed by atoms with E-state index >= 15 is 0 Å². The zero-order chi connectivity index (χ0) is 16.6. The Morgan fingerprint density at radius 3 is 2.65 bits per heavy atom. The van der Waals surface area contributed by atoms with Crippen LogP contribution >= 0.6 is 0 Å². The number of carbonyl (C=O) groups is 1. The second kappa shape index (κ2) is 5.46. The third-order valence-electron chi connectivity index (χ3n) is 3.16. The molecule has 0 aliphatic rings. The summed E-state index contributed by atoms with van der Waals surface area (Å²) in [5.41, 5.74) is 1.12. The van der Waals surface area contributed by atoms with Crippen molar-refractivity contribution in [3.63, 3.8) is 0 Å². The van der Waals surface area contributed by atoms with Crippen molar-refractivity contribution in [3.8, 4) is 11.3 Å². The summed E-state index contributed by atoms with van der Waals surface area (Å²) in [5.74, 6) is -0.414. The Bertz CT molecular complexity index is 864.